The topological polar surface area (TPSA) is 78.3 Å². The lowest BCUT2D eigenvalue weighted by Crippen LogP contribution is -2.44. The molecule has 3 rings (SSSR count). The van der Waals surface area contributed by atoms with Crippen molar-refractivity contribution in [1.82, 2.24) is 29.8 Å². The normalized spacial score (nSPS) is 20.6. The fourth-order valence-corrected chi connectivity index (χ4v) is 2.89. The highest BCUT2D eigenvalue weighted by atomic mass is 16.1. The molecule has 7 heteroatoms. The highest BCUT2D eigenvalue weighted by Crippen LogP contribution is 2.18. The van der Waals surface area contributed by atoms with Crippen LogP contribution in [0.15, 0.2) is 17.2 Å². The summed E-state index contributed by atoms with van der Waals surface area (Å²) in [6.45, 7) is 2.75. The van der Waals surface area contributed by atoms with Crippen LogP contribution in [0.3, 0.4) is 0 Å². The first kappa shape index (κ1) is 13.3. The summed E-state index contributed by atoms with van der Waals surface area (Å²) in [5, 5.41) is 6.00. The van der Waals surface area contributed by atoms with E-state index in [1.165, 1.54) is 30.1 Å². The van der Waals surface area contributed by atoms with Gasteiger partial charge in [-0.25, -0.2) is 9.97 Å². The Bertz CT molecular complexity index is 631. The number of H-pyrrole nitrogens is 1. The predicted octanol–water partition coefficient (Wildman–Crippen LogP) is -0.00850. The monoisotopic (exact) mass is 276 g/mol. The summed E-state index contributed by atoms with van der Waals surface area (Å²) < 4.78 is 1.35. The molecule has 2 aromatic heterocycles. The average Bonchev–Trinajstić information content (AvgIpc) is 2.90. The van der Waals surface area contributed by atoms with Crippen molar-refractivity contribution < 1.29 is 0 Å². The quantitative estimate of drug-likeness (QED) is 0.821. The van der Waals surface area contributed by atoms with E-state index in [1.807, 2.05) is 7.05 Å². The van der Waals surface area contributed by atoms with Gasteiger partial charge in [-0.2, -0.15) is 4.52 Å². The van der Waals surface area contributed by atoms with Gasteiger partial charge in [0.2, 0.25) is 0 Å². The van der Waals surface area contributed by atoms with Gasteiger partial charge in [-0.15, -0.1) is 0 Å². The van der Waals surface area contributed by atoms with Crippen molar-refractivity contribution in [1.29, 1.82) is 0 Å². The van der Waals surface area contributed by atoms with Crippen LogP contribution < -0.4 is 10.9 Å². The lowest BCUT2D eigenvalue weighted by atomic mass is 10.0. The SMILES string of the molecule is CNCC1CCCCN1Cc1cc(=O)n2[nH]cnc2n1. The fourth-order valence-electron chi connectivity index (χ4n) is 2.89. The summed E-state index contributed by atoms with van der Waals surface area (Å²) in [5.74, 6) is 0.440. The molecule has 1 fully saturated rings. The number of likely N-dealkylation sites (N-methyl/N-ethyl adjacent to an activating group) is 1. The minimum atomic E-state index is -0.107. The molecule has 0 bridgehead atoms. The van der Waals surface area contributed by atoms with E-state index < -0.39 is 0 Å². The van der Waals surface area contributed by atoms with Gasteiger partial charge in [-0.3, -0.25) is 14.8 Å². The standard InChI is InChI=1S/C13H20N6O/c1-14-7-11-4-2-3-5-18(11)8-10-6-12(20)19-13(17-10)15-9-16-19/h6,9,11,14H,2-5,7-8H2,1H3,(H,15,16,17). The third-order valence-electron chi connectivity index (χ3n) is 3.87. The Kier molecular flexibility index (Phi) is 3.79. The van der Waals surface area contributed by atoms with Crippen molar-refractivity contribution >= 4 is 5.78 Å². The summed E-state index contributed by atoms with van der Waals surface area (Å²) in [5.41, 5.74) is 0.690. The molecule has 1 atom stereocenters. The van der Waals surface area contributed by atoms with Crippen molar-refractivity contribution in [3.63, 3.8) is 0 Å². The van der Waals surface area contributed by atoms with Gasteiger partial charge in [0.15, 0.2) is 0 Å². The molecule has 3 heterocycles. The van der Waals surface area contributed by atoms with Crippen LogP contribution in [0.25, 0.3) is 5.78 Å². The minimum absolute atomic E-state index is 0.107. The molecule has 0 radical (unpaired) electrons. The van der Waals surface area contributed by atoms with E-state index in [-0.39, 0.29) is 5.56 Å². The lowest BCUT2D eigenvalue weighted by molar-refractivity contribution is 0.137. The molecule has 0 saturated carbocycles. The van der Waals surface area contributed by atoms with Crippen molar-refractivity contribution in [3.05, 3.63) is 28.4 Å². The number of aromatic nitrogens is 4. The second-order valence-corrected chi connectivity index (χ2v) is 5.29. The van der Waals surface area contributed by atoms with Gasteiger partial charge in [0, 0.05) is 25.2 Å². The molecule has 7 nitrogen and oxygen atoms in total. The largest absolute Gasteiger partial charge is 0.318 e. The van der Waals surface area contributed by atoms with Gasteiger partial charge in [-0.05, 0) is 26.4 Å². The van der Waals surface area contributed by atoms with E-state index in [0.29, 0.717) is 18.4 Å². The number of hydrogen-bond donors (Lipinski definition) is 2. The third-order valence-corrected chi connectivity index (χ3v) is 3.87. The summed E-state index contributed by atoms with van der Waals surface area (Å²) in [6.07, 6.45) is 5.17. The highest BCUT2D eigenvalue weighted by molar-refractivity contribution is 5.26. The number of nitrogens with one attached hydrogen (secondary N) is 2. The van der Waals surface area contributed by atoms with E-state index in [2.05, 4.69) is 25.3 Å². The molecule has 108 valence electrons. The van der Waals surface area contributed by atoms with Crippen LogP contribution in [-0.2, 0) is 6.54 Å². The molecule has 0 aromatic carbocycles. The number of aromatic amines is 1. The first-order chi connectivity index (χ1) is 9.78. The smallest absolute Gasteiger partial charge is 0.274 e. The van der Waals surface area contributed by atoms with E-state index in [0.717, 1.165) is 18.8 Å². The number of hydrogen-bond acceptors (Lipinski definition) is 5. The summed E-state index contributed by atoms with van der Waals surface area (Å²) >= 11 is 0. The maximum Gasteiger partial charge on any atom is 0.274 e. The number of rotatable bonds is 4. The van der Waals surface area contributed by atoms with E-state index in [4.69, 9.17) is 0 Å². The van der Waals surface area contributed by atoms with Gasteiger partial charge in [0.05, 0.1) is 5.69 Å². The maximum absolute atomic E-state index is 11.9. The van der Waals surface area contributed by atoms with Crippen molar-refractivity contribution in [3.8, 4) is 0 Å². The van der Waals surface area contributed by atoms with E-state index >= 15 is 0 Å². The van der Waals surface area contributed by atoms with Crippen molar-refractivity contribution in [2.45, 2.75) is 31.8 Å². The second-order valence-electron chi connectivity index (χ2n) is 5.29. The van der Waals surface area contributed by atoms with E-state index in [1.54, 1.807) is 6.07 Å². The van der Waals surface area contributed by atoms with Gasteiger partial charge >= 0.3 is 0 Å². The van der Waals surface area contributed by atoms with Crippen LogP contribution >= 0.6 is 0 Å². The van der Waals surface area contributed by atoms with Crippen LogP contribution in [0.4, 0.5) is 0 Å². The number of fused-ring (bicyclic) bond motifs is 1. The Morgan fingerprint density at radius 3 is 3.25 bits per heavy atom. The van der Waals surface area contributed by atoms with Crippen molar-refractivity contribution in [2.24, 2.45) is 0 Å². The molecule has 1 unspecified atom stereocenters. The molecule has 20 heavy (non-hydrogen) atoms. The Hall–Kier alpha value is -1.73. The van der Waals surface area contributed by atoms with Gasteiger partial charge in [-0.1, -0.05) is 6.42 Å². The third kappa shape index (κ3) is 2.59. The Labute approximate surface area is 117 Å². The van der Waals surface area contributed by atoms with E-state index in [9.17, 15) is 4.79 Å². The summed E-state index contributed by atoms with van der Waals surface area (Å²) in [6, 6.07) is 2.11. The number of likely N-dealkylation sites (tertiary alicyclic amines) is 1. The molecule has 2 aromatic rings. The van der Waals surface area contributed by atoms with Gasteiger partial charge in [0.1, 0.15) is 6.33 Å². The number of nitrogens with zero attached hydrogens (tertiary/aromatic N) is 4. The maximum atomic E-state index is 11.9. The van der Waals surface area contributed by atoms with Crippen LogP contribution in [0.5, 0.6) is 0 Å². The van der Waals surface area contributed by atoms with Crippen molar-refractivity contribution in [2.75, 3.05) is 20.1 Å². The van der Waals surface area contributed by atoms with Gasteiger partial charge < -0.3 is 5.32 Å². The zero-order chi connectivity index (χ0) is 13.9. The van der Waals surface area contributed by atoms with Crippen LogP contribution in [-0.4, -0.2) is 50.7 Å². The molecule has 2 N–H and O–H groups in total. The Morgan fingerprint density at radius 1 is 1.50 bits per heavy atom. The molecule has 0 spiro atoms. The average molecular weight is 276 g/mol. The second kappa shape index (κ2) is 5.72. The van der Waals surface area contributed by atoms with Crippen LogP contribution in [0.2, 0.25) is 0 Å². The lowest BCUT2D eigenvalue weighted by Gasteiger charge is -2.35. The molecular formula is C13H20N6O. The Morgan fingerprint density at radius 2 is 2.40 bits per heavy atom. The fraction of sp³-hybridized carbons (Fsp3) is 0.615. The predicted molar refractivity (Wildman–Crippen MR) is 75.6 cm³/mol. The molecular weight excluding hydrogens is 256 g/mol. The Balaban J connectivity index is 1.82. The first-order valence-corrected chi connectivity index (χ1v) is 7.08. The number of piperidine rings is 1. The molecule has 1 aliphatic rings. The summed E-state index contributed by atoms with van der Waals surface area (Å²) in [4.78, 5) is 22.8. The zero-order valence-electron chi connectivity index (χ0n) is 11.7. The van der Waals surface area contributed by atoms with Crippen LogP contribution in [0.1, 0.15) is 25.0 Å². The molecule has 1 saturated heterocycles. The molecule has 0 amide bonds. The summed E-state index contributed by atoms with van der Waals surface area (Å²) in [7, 11) is 1.98. The zero-order valence-corrected chi connectivity index (χ0v) is 11.7. The van der Waals surface area contributed by atoms with Gasteiger partial charge in [0.25, 0.3) is 11.3 Å². The molecule has 1 aliphatic heterocycles. The highest BCUT2D eigenvalue weighted by Gasteiger charge is 2.22. The van der Waals surface area contributed by atoms with Crippen LogP contribution in [0, 0.1) is 0 Å². The first-order valence-electron chi connectivity index (χ1n) is 7.08. The minimum Gasteiger partial charge on any atom is -0.318 e. The molecule has 0 aliphatic carbocycles.